The van der Waals surface area contributed by atoms with E-state index in [0.717, 1.165) is 209 Å². The molecule has 1 aliphatic carbocycles. The van der Waals surface area contributed by atoms with E-state index in [1.54, 1.807) is 60.0 Å². The number of nitrogens with zero attached hydrogens (tertiary/aromatic N) is 10. The molecule has 8 aliphatic heterocycles. The van der Waals surface area contributed by atoms with Gasteiger partial charge in [-0.15, -0.1) is 23.5 Å². The highest BCUT2D eigenvalue weighted by Gasteiger charge is 2.44. The van der Waals surface area contributed by atoms with Crippen LogP contribution in [0.1, 0.15) is 159 Å². The number of carbonyl (C=O) groups excluding carboxylic acids is 7. The lowest BCUT2D eigenvalue weighted by molar-refractivity contribution is -0.138. The van der Waals surface area contributed by atoms with Crippen LogP contribution in [0.25, 0.3) is 15.7 Å². The van der Waals surface area contributed by atoms with E-state index in [9.17, 15) is 38.1 Å². The number of imide groups is 2. The van der Waals surface area contributed by atoms with Gasteiger partial charge in [0.05, 0.1) is 30.0 Å². The standard InChI is InChI=1S/C45H53ClN7O5PS.C30H35N5O.C15H15BrN2O3S/c1-58-39-27-33(12-11-30(39)26-42-47-28-36(46)37(48-42)25-31-7-4-5-9-40(31)59(2,3)57)51-17-15-32(16-18-51)52-21-19-50(20-22-52)23-24-60-41-10-6-8-34-35(41)29-53(45(34)56)38-13-14-43(54)49-44(38)55;1-5-19-16-23-24(18-26(19)35-12-8-21(9-13-35)34-14-10-32-11-15-34)30(2,3)29-27(28(23)36)22-7-6-20(31-4)17-25(22)33-29;16-6-7-22-12-3-1-2-9-10(12)8-18(15(9)21)11-4-5-13(19)17-14(11)20/h4-12,27-28,32,38H,13-26,29H2,1-3H3,(H,49,54,55);6-7,16-18,21,32-33H,5,8-15H2,1-3H3;1-3,11H,4-8H2,(H,17,19,20). The van der Waals surface area contributed by atoms with Crippen molar-refractivity contribution in [2.24, 2.45) is 0 Å². The molecule has 6 saturated heterocycles. The van der Waals surface area contributed by atoms with Crippen molar-refractivity contribution in [3.63, 3.8) is 0 Å². The number of hydrogen-bond donors (Lipinski definition) is 4. The molecule has 6 aromatic carbocycles. The number of piperidine rings is 4. The zero-order chi connectivity index (χ0) is 82.7. The largest absolute Gasteiger partial charge is 0.496 e. The number of halogens is 2. The number of fused-ring (bicyclic) bond motifs is 6. The minimum Gasteiger partial charge on any atom is -0.496 e. The zero-order valence-corrected chi connectivity index (χ0v) is 72.8. The fraction of sp³-hybridized carbons (Fsp3) is 0.444. The van der Waals surface area contributed by atoms with Crippen LogP contribution in [0.3, 0.4) is 0 Å². The van der Waals surface area contributed by atoms with Crippen LogP contribution >= 0.6 is 58.2 Å². The van der Waals surface area contributed by atoms with Crippen molar-refractivity contribution in [3.05, 3.63) is 205 Å². The van der Waals surface area contributed by atoms with E-state index < -0.39 is 19.2 Å². The van der Waals surface area contributed by atoms with Crippen molar-refractivity contribution in [2.45, 2.75) is 144 Å². The van der Waals surface area contributed by atoms with Crippen LogP contribution in [0.4, 0.5) is 17.1 Å². The van der Waals surface area contributed by atoms with Gasteiger partial charge in [0.1, 0.15) is 30.8 Å². The maximum atomic E-state index is 13.9. The highest BCUT2D eigenvalue weighted by Crippen LogP contribution is 2.48. The van der Waals surface area contributed by atoms with E-state index >= 15 is 0 Å². The summed E-state index contributed by atoms with van der Waals surface area (Å²) in [6.45, 7) is 32.2. The number of aromatic amines is 1. The minimum absolute atomic E-state index is 0.0970. The summed E-state index contributed by atoms with van der Waals surface area (Å²) in [5.74, 6) is 1.88. The fourth-order valence-electron chi connectivity index (χ4n) is 18.6. The normalized spacial score (nSPS) is 20.0. The van der Waals surface area contributed by atoms with Gasteiger partial charge in [0.25, 0.3) is 11.8 Å². The van der Waals surface area contributed by atoms with Crippen molar-refractivity contribution in [1.82, 2.24) is 55.4 Å². The number of aryl methyl sites for hydroxylation is 1. The van der Waals surface area contributed by atoms with E-state index in [1.807, 2.05) is 72.8 Å². The summed E-state index contributed by atoms with van der Waals surface area (Å²) in [6, 6.07) is 36.0. The molecule has 9 aliphatic rings. The highest BCUT2D eigenvalue weighted by molar-refractivity contribution is 9.09. The number of rotatable bonds is 20. The molecule has 10 heterocycles. The molecule has 17 rings (SSSR count). The molecule has 8 aromatic rings. The number of nitrogens with one attached hydrogen (secondary N) is 4. The number of anilines is 2. The second kappa shape index (κ2) is 36.7. The van der Waals surface area contributed by atoms with Crippen LogP contribution < -0.4 is 35.8 Å². The number of methoxy groups -OCH3 is 1. The Morgan fingerprint density at radius 1 is 0.661 bits per heavy atom. The average molecular weight is 1740 g/mol. The molecule has 6 amide bonds. The predicted octanol–water partition coefficient (Wildman–Crippen LogP) is 12.7. The Kier molecular flexibility index (Phi) is 26.2. The molecule has 0 saturated carbocycles. The third kappa shape index (κ3) is 18.0. The Bertz CT molecular complexity index is 5290. The molecule has 0 bridgehead atoms. The molecule has 0 radical (unpaired) electrons. The van der Waals surface area contributed by atoms with Crippen LogP contribution in [-0.4, -0.2) is 227 Å². The summed E-state index contributed by atoms with van der Waals surface area (Å²) < 4.78 is 18.9. The lowest BCUT2D eigenvalue weighted by Gasteiger charge is -2.43. The summed E-state index contributed by atoms with van der Waals surface area (Å²) in [5, 5.41) is 11.3. The van der Waals surface area contributed by atoms with Crippen molar-refractivity contribution in [2.75, 3.05) is 132 Å². The zero-order valence-electron chi connectivity index (χ0n) is 68.0. The van der Waals surface area contributed by atoms with E-state index in [-0.39, 0.29) is 59.5 Å². The average Bonchev–Trinajstić information content (AvgIpc) is 1.50. The quantitative estimate of drug-likeness (QED) is 0.0182. The Morgan fingerprint density at radius 3 is 1.86 bits per heavy atom. The van der Waals surface area contributed by atoms with Gasteiger partial charge in [0.15, 0.2) is 11.5 Å². The molecule has 23 nitrogen and oxygen atoms in total. The summed E-state index contributed by atoms with van der Waals surface area (Å²) in [7, 11) is -0.760. The predicted molar refractivity (Wildman–Crippen MR) is 470 cm³/mol. The molecule has 618 valence electrons. The van der Waals surface area contributed by atoms with Crippen LogP contribution in [0.2, 0.25) is 5.02 Å². The van der Waals surface area contributed by atoms with Crippen LogP contribution in [0.5, 0.6) is 5.75 Å². The number of benzene rings is 6. The molecule has 28 heteroatoms. The van der Waals surface area contributed by atoms with Gasteiger partial charge in [0, 0.05) is 236 Å². The molecule has 6 fully saturated rings. The van der Waals surface area contributed by atoms with Crippen LogP contribution in [0.15, 0.2) is 125 Å². The summed E-state index contributed by atoms with van der Waals surface area (Å²) in [6.07, 6.45) is 9.46. The molecule has 2 unspecified atom stereocenters. The van der Waals surface area contributed by atoms with Gasteiger partial charge in [0.2, 0.25) is 23.6 Å². The number of alkyl halides is 1. The number of ether oxygens (including phenoxy) is 1. The second-order valence-corrected chi connectivity index (χ2v) is 39.5. The first-order valence-corrected chi connectivity index (χ1v) is 47.4. The molecule has 2 aromatic heterocycles. The molecule has 4 N–H and O–H groups in total. The smallest absolute Gasteiger partial charge is 0.255 e. The number of piperazine rings is 2. The van der Waals surface area contributed by atoms with E-state index in [1.165, 1.54) is 24.1 Å². The van der Waals surface area contributed by atoms with Crippen molar-refractivity contribution in [3.8, 4) is 5.75 Å². The molecule has 118 heavy (non-hydrogen) atoms. The third-order valence-electron chi connectivity index (χ3n) is 25.0. The molecule has 0 spiro atoms. The fourth-order valence-corrected chi connectivity index (χ4v) is 22.4. The minimum atomic E-state index is -2.47. The van der Waals surface area contributed by atoms with Crippen molar-refractivity contribution in [1.29, 1.82) is 0 Å². The third-order valence-corrected chi connectivity index (χ3v) is 30.0. The van der Waals surface area contributed by atoms with Gasteiger partial charge in [-0.2, -0.15) is 0 Å². The Hall–Kier alpha value is -8.74. The Morgan fingerprint density at radius 2 is 1.27 bits per heavy atom. The molecule has 2 atom stereocenters. The Labute approximate surface area is 712 Å². The summed E-state index contributed by atoms with van der Waals surface area (Å²) >= 11 is 13.5. The summed E-state index contributed by atoms with van der Waals surface area (Å²) in [4.78, 5) is 122. The van der Waals surface area contributed by atoms with E-state index in [0.29, 0.717) is 78.5 Å². The topological polar surface area (TPSA) is 250 Å². The van der Waals surface area contributed by atoms with Crippen LogP contribution in [-0.2, 0) is 61.5 Å². The molecular formula is C90H103BrClN14O9PS2. The lowest BCUT2D eigenvalue weighted by atomic mass is 9.70. The van der Waals surface area contributed by atoms with Gasteiger partial charge >= 0.3 is 0 Å². The first kappa shape index (κ1) is 84.3. The van der Waals surface area contributed by atoms with Gasteiger partial charge in [-0.3, -0.25) is 58.9 Å². The number of hydrogen-bond acceptors (Lipinski definition) is 19. The first-order chi connectivity index (χ1) is 57.0. The van der Waals surface area contributed by atoms with Gasteiger partial charge in [-0.1, -0.05) is 103 Å². The highest BCUT2D eigenvalue weighted by atomic mass is 79.9. The van der Waals surface area contributed by atoms with Crippen molar-refractivity contribution >= 4 is 133 Å². The lowest BCUT2D eigenvalue weighted by Crippen LogP contribution is -2.53. The van der Waals surface area contributed by atoms with E-state index in [2.05, 4.69) is 128 Å². The number of amides is 6. The van der Waals surface area contributed by atoms with Crippen LogP contribution in [0, 0.1) is 6.57 Å². The number of thioether (sulfide) groups is 2. The Balaban J connectivity index is 0.000000157. The number of H-pyrrole nitrogens is 1. The van der Waals surface area contributed by atoms with Gasteiger partial charge in [-0.05, 0) is 135 Å². The summed E-state index contributed by atoms with van der Waals surface area (Å²) in [5.41, 5.74) is 14.5. The first-order valence-electron chi connectivity index (χ1n) is 41.3. The van der Waals surface area contributed by atoms with Gasteiger partial charge < -0.3 is 39.2 Å². The maximum absolute atomic E-state index is 13.9. The van der Waals surface area contributed by atoms with Gasteiger partial charge in [-0.25, -0.2) is 14.8 Å². The van der Waals surface area contributed by atoms with Crippen molar-refractivity contribution < 1.29 is 42.9 Å². The maximum Gasteiger partial charge on any atom is 0.255 e. The molecular weight excluding hydrogens is 1630 g/mol. The SMILES string of the molecule is COc1cc(N2CCC(N3CCN(CCSc4cccc5c4CN(C4CCC(=O)NC4=O)C5=O)CC3)CC2)ccc1Cc1ncc(Cl)c(Cc2ccccc2P(C)(C)=O)n1.O=C1CCC(N2Cc3c(SCCBr)cccc3C2=O)C(=O)N1.[C-]#[N+]c1ccc2c3c([nH]c2c1)C(C)(C)c1cc(N2CCC(N4CCNCC4)CC2)c(CC)cc1C3=O. The number of ketones is 1. The monoisotopic (exact) mass is 1730 g/mol. The van der Waals surface area contributed by atoms with E-state index in [4.69, 9.17) is 27.9 Å². The number of carbonyl (C=O) groups is 7. The second-order valence-electron chi connectivity index (χ2n) is 32.8. The number of aromatic nitrogens is 3.